The number of ether oxygens (including phenoxy) is 1. The lowest BCUT2D eigenvalue weighted by atomic mass is 9.99. The summed E-state index contributed by atoms with van der Waals surface area (Å²) in [6.07, 6.45) is 8.87. The van der Waals surface area contributed by atoms with Gasteiger partial charge in [0.2, 0.25) is 11.8 Å². The van der Waals surface area contributed by atoms with E-state index in [0.717, 1.165) is 24.0 Å². The van der Waals surface area contributed by atoms with Crippen molar-refractivity contribution >= 4 is 47.0 Å². The molecule has 0 saturated heterocycles. The third-order valence-corrected chi connectivity index (χ3v) is 7.12. The number of nitrogens with one attached hydrogen (secondary N) is 3. The summed E-state index contributed by atoms with van der Waals surface area (Å²) < 4.78 is 6.19. The highest BCUT2D eigenvalue weighted by Gasteiger charge is 2.19. The van der Waals surface area contributed by atoms with Crippen LogP contribution in [0, 0.1) is 0 Å². The van der Waals surface area contributed by atoms with Crippen molar-refractivity contribution in [2.75, 3.05) is 17.7 Å². The Hall–Kier alpha value is -5.10. The Morgan fingerprint density at radius 2 is 2.00 bits per heavy atom. The topological polar surface area (TPSA) is 153 Å². The minimum Gasteiger partial charge on any atom is -0.453 e. The van der Waals surface area contributed by atoms with E-state index in [4.69, 9.17) is 16.3 Å². The number of hydrogen-bond donors (Lipinski definition) is 3. The maximum Gasteiger partial charge on any atom is 0.411 e. The molecule has 0 fully saturated rings. The Balaban J connectivity index is 1.42. The molecule has 4 aromatic rings. The van der Waals surface area contributed by atoms with Crippen LogP contribution in [-0.4, -0.2) is 50.2 Å². The molecule has 13 heteroatoms. The molecule has 220 valence electrons. The number of methoxy groups -OCH3 is 1. The van der Waals surface area contributed by atoms with Crippen LogP contribution in [0.1, 0.15) is 49.4 Å². The van der Waals surface area contributed by atoms with E-state index in [1.54, 1.807) is 42.6 Å². The number of tetrazole rings is 1. The predicted octanol–water partition coefficient (Wildman–Crippen LogP) is 5.33. The van der Waals surface area contributed by atoms with Crippen LogP contribution in [0.3, 0.4) is 0 Å². The first-order valence-corrected chi connectivity index (χ1v) is 14.0. The fraction of sp³-hybridized carbons (Fsp3) is 0.233. The first kappa shape index (κ1) is 29.4. The van der Waals surface area contributed by atoms with Gasteiger partial charge in [-0.15, -0.1) is 5.10 Å². The molecule has 1 atom stereocenters. The Morgan fingerprint density at radius 1 is 1.12 bits per heavy atom. The van der Waals surface area contributed by atoms with Gasteiger partial charge in [-0.1, -0.05) is 30.5 Å². The number of aromatic nitrogens is 5. The highest BCUT2D eigenvalue weighted by molar-refractivity contribution is 6.30. The summed E-state index contributed by atoms with van der Waals surface area (Å²) in [6, 6.07) is 13.8. The van der Waals surface area contributed by atoms with Crippen molar-refractivity contribution in [1.29, 1.82) is 0 Å². The van der Waals surface area contributed by atoms with Crippen molar-refractivity contribution in [2.45, 2.75) is 38.1 Å². The molecule has 12 nitrogen and oxygen atoms in total. The number of anilines is 2. The van der Waals surface area contributed by atoms with Crippen LogP contribution in [0.15, 0.2) is 67.1 Å². The van der Waals surface area contributed by atoms with E-state index >= 15 is 0 Å². The minimum absolute atomic E-state index is 0.123. The van der Waals surface area contributed by atoms with Crippen molar-refractivity contribution in [3.63, 3.8) is 0 Å². The van der Waals surface area contributed by atoms with E-state index in [2.05, 4.69) is 36.5 Å². The molecular formula is C30H29ClN8O4. The standard InChI is InChI=1S/C30H29ClN8O4/c1-43-30(42)34-22-9-10-23-19-13-14-32-26(16-19)24(5-3-2-4-6-28(40)36-25(23)17-22)35-29(41)12-7-20-15-21(31)8-11-27(20)39-18-33-37-38-39/h7-18,24H,2-6H2,1H3,(H,34,42)(H,35,41)(H,36,40). The summed E-state index contributed by atoms with van der Waals surface area (Å²) in [5.74, 6) is -0.429. The van der Waals surface area contributed by atoms with Gasteiger partial charge < -0.3 is 15.4 Å². The van der Waals surface area contributed by atoms with Crippen LogP contribution in [0.25, 0.3) is 22.9 Å². The summed E-state index contributed by atoms with van der Waals surface area (Å²) in [7, 11) is 1.28. The van der Waals surface area contributed by atoms with Gasteiger partial charge in [0.05, 0.1) is 30.2 Å². The fourth-order valence-electron chi connectivity index (χ4n) is 4.79. The molecule has 3 N–H and O–H groups in total. The smallest absolute Gasteiger partial charge is 0.411 e. The summed E-state index contributed by atoms with van der Waals surface area (Å²) in [5.41, 5.74) is 4.57. The second-order valence-electron chi connectivity index (χ2n) is 9.85. The molecule has 1 aliphatic heterocycles. The molecule has 2 aromatic heterocycles. The van der Waals surface area contributed by atoms with Gasteiger partial charge in [0.15, 0.2) is 0 Å². The minimum atomic E-state index is -0.614. The number of amides is 3. The number of fused-ring (bicyclic) bond motifs is 4. The van der Waals surface area contributed by atoms with E-state index in [0.29, 0.717) is 52.6 Å². The van der Waals surface area contributed by atoms with Gasteiger partial charge in [-0.05, 0) is 77.4 Å². The summed E-state index contributed by atoms with van der Waals surface area (Å²) in [6.45, 7) is 0. The zero-order valence-corrected chi connectivity index (χ0v) is 24.0. The van der Waals surface area contributed by atoms with Crippen LogP contribution in [0.4, 0.5) is 16.2 Å². The summed E-state index contributed by atoms with van der Waals surface area (Å²) in [4.78, 5) is 42.3. The van der Waals surface area contributed by atoms with E-state index in [1.807, 2.05) is 18.2 Å². The molecule has 43 heavy (non-hydrogen) atoms. The lowest BCUT2D eigenvalue weighted by molar-refractivity contribution is -0.117. The van der Waals surface area contributed by atoms with Gasteiger partial charge in [0, 0.05) is 40.5 Å². The number of nitrogens with zero attached hydrogens (tertiary/aromatic N) is 5. The SMILES string of the molecule is COC(=O)Nc1ccc2c(c1)NC(=O)CCCCCC(NC(=O)C=Cc1cc(Cl)ccc1-n1cnnn1)c1cc-2ccn1. The molecule has 0 spiro atoms. The van der Waals surface area contributed by atoms with Crippen molar-refractivity contribution < 1.29 is 19.1 Å². The molecule has 5 rings (SSSR count). The number of benzene rings is 2. The number of pyridine rings is 1. The summed E-state index contributed by atoms with van der Waals surface area (Å²) >= 11 is 6.21. The number of hydrogen-bond acceptors (Lipinski definition) is 8. The monoisotopic (exact) mass is 600 g/mol. The second kappa shape index (κ2) is 13.7. The van der Waals surface area contributed by atoms with E-state index in [9.17, 15) is 14.4 Å². The van der Waals surface area contributed by atoms with Gasteiger partial charge in [0.1, 0.15) is 6.33 Å². The summed E-state index contributed by atoms with van der Waals surface area (Å²) in [5, 5.41) is 20.5. The Morgan fingerprint density at radius 3 is 2.81 bits per heavy atom. The molecule has 0 aliphatic carbocycles. The predicted molar refractivity (Wildman–Crippen MR) is 161 cm³/mol. The number of halogens is 1. The van der Waals surface area contributed by atoms with Gasteiger partial charge in [-0.2, -0.15) is 4.68 Å². The normalized spacial score (nSPS) is 15.3. The Bertz CT molecular complexity index is 1660. The average Bonchev–Trinajstić information content (AvgIpc) is 3.54. The Kier molecular flexibility index (Phi) is 9.37. The molecule has 1 aliphatic rings. The molecule has 3 amide bonds. The third-order valence-electron chi connectivity index (χ3n) is 6.89. The molecule has 3 heterocycles. The number of carbonyl (C=O) groups excluding carboxylic acids is 3. The largest absolute Gasteiger partial charge is 0.453 e. The van der Waals surface area contributed by atoms with Gasteiger partial charge in [-0.3, -0.25) is 19.9 Å². The molecule has 0 radical (unpaired) electrons. The zero-order chi connectivity index (χ0) is 30.2. The van der Waals surface area contributed by atoms with Crippen LogP contribution >= 0.6 is 11.6 Å². The fourth-order valence-corrected chi connectivity index (χ4v) is 4.97. The Labute approximate surface area is 252 Å². The average molecular weight is 601 g/mol. The van der Waals surface area contributed by atoms with E-state index in [1.165, 1.54) is 24.2 Å². The van der Waals surface area contributed by atoms with Crippen LogP contribution in [0.2, 0.25) is 5.02 Å². The first-order chi connectivity index (χ1) is 20.9. The van der Waals surface area contributed by atoms with E-state index in [-0.39, 0.29) is 17.9 Å². The van der Waals surface area contributed by atoms with E-state index < -0.39 is 6.09 Å². The van der Waals surface area contributed by atoms with Crippen LogP contribution < -0.4 is 16.0 Å². The lowest BCUT2D eigenvalue weighted by Gasteiger charge is -2.19. The van der Waals surface area contributed by atoms with Crippen LogP contribution in [0.5, 0.6) is 0 Å². The molecule has 0 saturated carbocycles. The molecule has 1 unspecified atom stereocenters. The second-order valence-corrected chi connectivity index (χ2v) is 10.3. The van der Waals surface area contributed by atoms with Gasteiger partial charge in [0.25, 0.3) is 0 Å². The van der Waals surface area contributed by atoms with Crippen LogP contribution in [-0.2, 0) is 14.3 Å². The van der Waals surface area contributed by atoms with Gasteiger partial charge in [-0.25, -0.2) is 4.79 Å². The highest BCUT2D eigenvalue weighted by Crippen LogP contribution is 2.33. The highest BCUT2D eigenvalue weighted by atomic mass is 35.5. The molecule has 2 bridgehead atoms. The first-order valence-electron chi connectivity index (χ1n) is 13.7. The number of carbonyl (C=O) groups is 3. The van der Waals surface area contributed by atoms with Crippen molar-refractivity contribution in [2.24, 2.45) is 0 Å². The number of rotatable bonds is 5. The zero-order valence-electron chi connectivity index (χ0n) is 23.3. The van der Waals surface area contributed by atoms with Crippen molar-refractivity contribution in [1.82, 2.24) is 30.5 Å². The maximum atomic E-state index is 13.2. The molecular weight excluding hydrogens is 572 g/mol. The third kappa shape index (κ3) is 7.60. The maximum absolute atomic E-state index is 13.2. The van der Waals surface area contributed by atoms with Crippen molar-refractivity contribution in [3.05, 3.63) is 83.4 Å². The van der Waals surface area contributed by atoms with Gasteiger partial charge >= 0.3 is 6.09 Å². The van der Waals surface area contributed by atoms with Crippen molar-refractivity contribution in [3.8, 4) is 16.8 Å². The lowest BCUT2D eigenvalue weighted by Crippen LogP contribution is -2.27. The quantitative estimate of drug-likeness (QED) is 0.260. The molecule has 2 aromatic carbocycles.